The number of fused-ring (bicyclic) bond motifs is 3. The molecule has 0 spiro atoms. The number of aliphatic hydroxyl groups is 1. The number of halogens is 4. The second-order valence-electron chi connectivity index (χ2n) is 9.41. The summed E-state index contributed by atoms with van der Waals surface area (Å²) in [5, 5.41) is 22.3. The highest BCUT2D eigenvalue weighted by atomic mass is 19.3. The Kier molecular flexibility index (Phi) is 6.47. The topological polar surface area (TPSA) is 86.0 Å². The monoisotopic (exact) mass is 557 g/mol. The highest BCUT2D eigenvalue weighted by Gasteiger charge is 2.59. The number of ether oxygens (including phenoxy) is 1. The van der Waals surface area contributed by atoms with Crippen LogP contribution >= 0.6 is 0 Å². The molecule has 1 atom stereocenters. The van der Waals surface area contributed by atoms with Crippen LogP contribution in [0.5, 0.6) is 5.75 Å². The quantitative estimate of drug-likeness (QED) is 0.242. The summed E-state index contributed by atoms with van der Waals surface area (Å²) in [5.41, 5.74) is -1.86. The Balaban J connectivity index is 1.18. The van der Waals surface area contributed by atoms with Crippen molar-refractivity contribution in [2.24, 2.45) is 0 Å². The Morgan fingerprint density at radius 3 is 2.34 bits per heavy atom. The molecular weight excluding hydrogens is 538 g/mol. The van der Waals surface area contributed by atoms with E-state index in [1.54, 1.807) is 36.4 Å². The van der Waals surface area contributed by atoms with E-state index in [9.17, 15) is 13.9 Å². The molecule has 11 heteroatoms. The number of tetrazole rings is 1. The highest BCUT2D eigenvalue weighted by Crippen LogP contribution is 2.50. The first-order valence-corrected chi connectivity index (χ1v) is 12.4. The van der Waals surface area contributed by atoms with Crippen LogP contribution in [-0.2, 0) is 24.7 Å². The van der Waals surface area contributed by atoms with E-state index >= 15 is 8.78 Å². The first kappa shape index (κ1) is 26.2. The third kappa shape index (κ3) is 4.90. The summed E-state index contributed by atoms with van der Waals surface area (Å²) in [6.07, 6.45) is 1.19. The van der Waals surface area contributed by atoms with Gasteiger partial charge in [-0.25, -0.2) is 13.5 Å². The maximum absolute atomic E-state index is 15.9. The van der Waals surface area contributed by atoms with Crippen LogP contribution in [0.15, 0.2) is 85.1 Å². The lowest BCUT2D eigenvalue weighted by Gasteiger charge is -2.39. The summed E-state index contributed by atoms with van der Waals surface area (Å²) < 4.78 is 65.4. The lowest BCUT2D eigenvalue weighted by molar-refractivity contribution is -0.207. The molecule has 2 aromatic heterocycles. The Bertz CT molecular complexity index is 1780. The second kappa shape index (κ2) is 10.1. The van der Waals surface area contributed by atoms with Crippen molar-refractivity contribution in [3.05, 3.63) is 125 Å². The van der Waals surface area contributed by atoms with Gasteiger partial charge in [0.2, 0.25) is 0 Å². The molecular formula is C30H19F4N5O2. The normalized spacial score (nSPS) is 15.8. The molecule has 0 aliphatic carbocycles. The largest absolute Gasteiger partial charge is 0.489 e. The SMILES string of the molecule is OC1(C(F)(F)c2ccc(C#Cc3ccc(OCc4ccc(F)cc4)cc3)cn2)Cn2nnnc2-c2cc(F)ccc21. The van der Waals surface area contributed by atoms with E-state index in [0.29, 0.717) is 16.9 Å². The maximum atomic E-state index is 15.9. The van der Waals surface area contributed by atoms with Gasteiger partial charge in [0.05, 0.1) is 6.54 Å². The average Bonchev–Trinajstić information content (AvgIpc) is 3.45. The Morgan fingerprint density at radius 2 is 1.61 bits per heavy atom. The van der Waals surface area contributed by atoms with Crippen molar-refractivity contribution in [2.45, 2.75) is 24.7 Å². The molecule has 1 aliphatic heterocycles. The number of hydrogen-bond donors (Lipinski definition) is 1. The molecule has 1 N–H and O–H groups in total. The van der Waals surface area contributed by atoms with E-state index in [0.717, 1.165) is 34.5 Å². The minimum absolute atomic E-state index is 0.0298. The van der Waals surface area contributed by atoms with Crippen LogP contribution in [0.1, 0.15) is 27.9 Å². The number of hydrogen-bond acceptors (Lipinski definition) is 6. The van der Waals surface area contributed by atoms with E-state index in [1.165, 1.54) is 24.4 Å². The number of pyridine rings is 1. The van der Waals surface area contributed by atoms with E-state index in [4.69, 9.17) is 4.74 Å². The Morgan fingerprint density at radius 1 is 0.902 bits per heavy atom. The standard InChI is InChI=1S/C30H19F4N5O2/c31-22-8-3-21(4-9-22)17-41-24-11-5-19(6-12-24)1-2-20-7-14-27(35-16-20)30(33,34)29(40)18-39-28(36-37-38-39)25-15-23(32)10-13-26(25)29/h3-16,40H,17-18H2. The van der Waals surface area contributed by atoms with Gasteiger partial charge < -0.3 is 9.84 Å². The summed E-state index contributed by atoms with van der Waals surface area (Å²) in [4.78, 5) is 3.90. The smallest absolute Gasteiger partial charge is 0.323 e. The first-order chi connectivity index (χ1) is 19.7. The van der Waals surface area contributed by atoms with Crippen molar-refractivity contribution >= 4 is 0 Å². The number of alkyl halides is 2. The molecule has 5 aromatic rings. The summed E-state index contributed by atoms with van der Waals surface area (Å²) in [6.45, 7) is -0.379. The second-order valence-corrected chi connectivity index (χ2v) is 9.41. The van der Waals surface area contributed by atoms with Crippen molar-refractivity contribution in [1.82, 2.24) is 25.2 Å². The molecule has 0 saturated heterocycles. The molecule has 3 heterocycles. The van der Waals surface area contributed by atoms with Crippen LogP contribution in [0.3, 0.4) is 0 Å². The molecule has 3 aromatic carbocycles. The average molecular weight is 558 g/mol. The summed E-state index contributed by atoms with van der Waals surface area (Å²) in [5.74, 6) is 1.60. The molecule has 6 rings (SSSR count). The predicted octanol–water partition coefficient (Wildman–Crippen LogP) is 4.99. The van der Waals surface area contributed by atoms with Crippen LogP contribution in [0, 0.1) is 23.5 Å². The molecule has 0 saturated carbocycles. The van der Waals surface area contributed by atoms with E-state index in [1.807, 2.05) is 0 Å². The third-order valence-electron chi connectivity index (χ3n) is 6.71. The van der Waals surface area contributed by atoms with E-state index < -0.39 is 29.6 Å². The highest BCUT2D eigenvalue weighted by molar-refractivity contribution is 5.64. The fourth-order valence-corrected chi connectivity index (χ4v) is 4.53. The molecule has 1 aliphatic rings. The zero-order valence-corrected chi connectivity index (χ0v) is 21.1. The van der Waals surface area contributed by atoms with Crippen LogP contribution in [-0.4, -0.2) is 30.3 Å². The van der Waals surface area contributed by atoms with E-state index in [-0.39, 0.29) is 29.4 Å². The number of aromatic nitrogens is 5. The van der Waals surface area contributed by atoms with Crippen LogP contribution < -0.4 is 4.74 Å². The van der Waals surface area contributed by atoms with Crippen LogP contribution in [0.4, 0.5) is 17.6 Å². The summed E-state index contributed by atoms with van der Waals surface area (Å²) in [7, 11) is 0. The van der Waals surface area contributed by atoms with Gasteiger partial charge in [0.1, 0.15) is 29.7 Å². The van der Waals surface area contributed by atoms with Gasteiger partial charge in [-0.2, -0.15) is 8.78 Å². The fourth-order valence-electron chi connectivity index (χ4n) is 4.53. The van der Waals surface area contributed by atoms with Gasteiger partial charge in [0.15, 0.2) is 11.4 Å². The Hall–Kier alpha value is -5.08. The molecule has 0 fully saturated rings. The molecule has 204 valence electrons. The molecule has 41 heavy (non-hydrogen) atoms. The minimum atomic E-state index is -3.89. The van der Waals surface area contributed by atoms with Gasteiger partial charge in [-0.05, 0) is 76.7 Å². The van der Waals surface area contributed by atoms with Gasteiger partial charge in [0, 0.05) is 28.5 Å². The molecule has 0 amide bonds. The van der Waals surface area contributed by atoms with Crippen molar-refractivity contribution in [2.75, 3.05) is 0 Å². The zero-order chi connectivity index (χ0) is 28.6. The number of benzene rings is 3. The van der Waals surface area contributed by atoms with Crippen molar-refractivity contribution in [3.63, 3.8) is 0 Å². The Labute approximate surface area is 231 Å². The van der Waals surface area contributed by atoms with E-state index in [2.05, 4.69) is 32.4 Å². The van der Waals surface area contributed by atoms with Gasteiger partial charge in [-0.15, -0.1) is 5.10 Å². The van der Waals surface area contributed by atoms with Gasteiger partial charge >= 0.3 is 5.92 Å². The summed E-state index contributed by atoms with van der Waals surface area (Å²) >= 11 is 0. The first-order valence-electron chi connectivity index (χ1n) is 12.4. The maximum Gasteiger partial charge on any atom is 0.323 e. The third-order valence-corrected chi connectivity index (χ3v) is 6.71. The number of rotatable bonds is 5. The lowest BCUT2D eigenvalue weighted by atomic mass is 9.80. The van der Waals surface area contributed by atoms with Crippen molar-refractivity contribution in [1.29, 1.82) is 0 Å². The lowest BCUT2D eigenvalue weighted by Crippen LogP contribution is -2.49. The minimum Gasteiger partial charge on any atom is -0.489 e. The fraction of sp³-hybridized carbons (Fsp3) is 0.133. The van der Waals surface area contributed by atoms with Gasteiger partial charge in [-0.1, -0.05) is 30.0 Å². The van der Waals surface area contributed by atoms with Gasteiger partial charge in [0.25, 0.3) is 0 Å². The van der Waals surface area contributed by atoms with Crippen LogP contribution in [0.2, 0.25) is 0 Å². The number of nitrogens with zero attached hydrogens (tertiary/aromatic N) is 5. The van der Waals surface area contributed by atoms with Gasteiger partial charge in [-0.3, -0.25) is 4.98 Å². The van der Waals surface area contributed by atoms with Crippen molar-refractivity contribution < 1.29 is 27.4 Å². The zero-order valence-electron chi connectivity index (χ0n) is 21.1. The molecule has 0 radical (unpaired) electrons. The van der Waals surface area contributed by atoms with Crippen molar-refractivity contribution in [3.8, 4) is 29.0 Å². The summed E-state index contributed by atoms with van der Waals surface area (Å²) in [6, 6.07) is 18.6. The molecule has 0 bridgehead atoms. The predicted molar refractivity (Wildman–Crippen MR) is 138 cm³/mol. The molecule has 7 nitrogen and oxygen atoms in total. The molecule has 1 unspecified atom stereocenters. The van der Waals surface area contributed by atoms with Crippen LogP contribution in [0.25, 0.3) is 11.4 Å².